The molecule has 76 valence electrons. The van der Waals surface area contributed by atoms with Gasteiger partial charge in [0, 0.05) is 0 Å². The molecule has 1 aromatic rings. The van der Waals surface area contributed by atoms with Crippen LogP contribution in [0.2, 0.25) is 0 Å². The third-order valence-corrected chi connectivity index (χ3v) is 2.65. The van der Waals surface area contributed by atoms with E-state index in [1.54, 1.807) is 0 Å². The molecule has 0 radical (unpaired) electrons. The Kier molecular flexibility index (Phi) is 2.99. The highest BCUT2D eigenvalue weighted by atomic mass is 32.2. The fourth-order valence-electron chi connectivity index (χ4n) is 0.853. The molecule has 0 aliphatic heterocycles. The minimum absolute atomic E-state index is 0.191. The minimum Gasteiger partial charge on any atom is -0.225 e. The molecular weight excluding hydrogens is 228 g/mol. The lowest BCUT2D eigenvalue weighted by atomic mass is 10.3. The molecule has 0 aliphatic rings. The number of hydrogen-bond donors (Lipinski definition) is 1. The van der Waals surface area contributed by atoms with E-state index >= 15 is 0 Å². The van der Waals surface area contributed by atoms with E-state index in [1.165, 1.54) is 24.3 Å². The Morgan fingerprint density at radius 1 is 1.21 bits per heavy atom. The summed E-state index contributed by atoms with van der Waals surface area (Å²) in [6.07, 6.45) is 0. The van der Waals surface area contributed by atoms with Crippen LogP contribution in [0.4, 0.5) is 5.69 Å². The van der Waals surface area contributed by atoms with Gasteiger partial charge in [-0.3, -0.25) is 0 Å². The highest BCUT2D eigenvalue weighted by molar-refractivity contribution is 7.89. The number of hydrogen-bond acceptors (Lipinski definition) is 5. The topological polar surface area (TPSA) is 107 Å². The maximum atomic E-state index is 11.0. The van der Waals surface area contributed by atoms with Gasteiger partial charge in [0.05, 0.1) is 0 Å². The largest absolute Gasteiger partial charge is 0.316 e. The maximum absolute atomic E-state index is 11.0. The van der Waals surface area contributed by atoms with Gasteiger partial charge in [0.15, 0.2) is 0 Å². The predicted octanol–water partition coefficient (Wildman–Crippen LogP) is 0.0282. The number of sulfonamides is 1. The Bertz CT molecular complexity index is 566. The molecule has 0 fully saturated rings. The van der Waals surface area contributed by atoms with Crippen LogP contribution in [0.1, 0.15) is 0 Å². The fourth-order valence-corrected chi connectivity index (χ4v) is 1.90. The van der Waals surface area contributed by atoms with Crippen LogP contribution in [0.15, 0.2) is 33.5 Å². The Hall–Kier alpha value is -1.25. The summed E-state index contributed by atoms with van der Waals surface area (Å²) in [5.74, 6) is 0. The van der Waals surface area contributed by atoms with Crippen LogP contribution in [0.5, 0.6) is 0 Å². The smallest absolute Gasteiger partial charge is 0.225 e. The van der Waals surface area contributed by atoms with Gasteiger partial charge in [-0.15, -0.1) is 4.36 Å². The van der Waals surface area contributed by atoms with Gasteiger partial charge in [0.2, 0.25) is 10.0 Å². The van der Waals surface area contributed by atoms with Gasteiger partial charge in [-0.25, -0.2) is 13.6 Å². The van der Waals surface area contributed by atoms with Crippen molar-refractivity contribution >= 4 is 26.2 Å². The van der Waals surface area contributed by atoms with Crippen molar-refractivity contribution in [1.29, 1.82) is 0 Å². The van der Waals surface area contributed by atoms with Crippen molar-refractivity contribution in [2.45, 2.75) is 4.90 Å². The van der Waals surface area contributed by atoms with E-state index in [4.69, 9.17) is 5.14 Å². The van der Waals surface area contributed by atoms with Gasteiger partial charge >= 0.3 is 10.5 Å². The summed E-state index contributed by atoms with van der Waals surface area (Å²) in [6, 6.07) is 5.31. The van der Waals surface area contributed by atoms with E-state index in [2.05, 4.69) is 4.36 Å². The number of nitrogens with two attached hydrogens (primary N) is 1. The molecule has 0 atom stereocenters. The van der Waals surface area contributed by atoms with Crippen LogP contribution in [-0.4, -0.2) is 16.8 Å². The van der Waals surface area contributed by atoms with Gasteiger partial charge in [-0.05, 0) is 12.1 Å². The van der Waals surface area contributed by atoms with E-state index < -0.39 is 20.5 Å². The maximum Gasteiger partial charge on any atom is 0.316 e. The van der Waals surface area contributed by atoms with Crippen LogP contribution >= 0.6 is 0 Å². The van der Waals surface area contributed by atoms with Crippen molar-refractivity contribution in [3.8, 4) is 0 Å². The number of rotatable bonds is 2. The summed E-state index contributed by atoms with van der Waals surface area (Å²) in [6.45, 7) is 0. The van der Waals surface area contributed by atoms with E-state index in [1.807, 2.05) is 0 Å². The summed E-state index contributed by atoms with van der Waals surface area (Å²) >= 11 is 0. The van der Waals surface area contributed by atoms with Crippen molar-refractivity contribution in [3.05, 3.63) is 24.3 Å². The van der Waals surface area contributed by atoms with Crippen molar-refractivity contribution in [1.82, 2.24) is 0 Å². The number of nitrogens with zero attached hydrogens (tertiary/aromatic N) is 1. The normalized spacial score (nSPS) is 10.9. The molecule has 1 aromatic carbocycles. The standard InChI is InChI=1S/C6H6N2O4S2/c7-14(11,12)6-4-2-1-3-5(6)8-13(9)10/h1-4H,(H2,7,11,12). The molecule has 0 unspecified atom stereocenters. The molecule has 0 saturated carbocycles. The summed E-state index contributed by atoms with van der Waals surface area (Å²) < 4.78 is 45.5. The Morgan fingerprint density at radius 2 is 1.79 bits per heavy atom. The highest BCUT2D eigenvalue weighted by Gasteiger charge is 2.12. The fraction of sp³-hybridized carbons (Fsp3) is 0. The summed E-state index contributed by atoms with van der Waals surface area (Å²) in [5, 5.41) is 4.84. The summed E-state index contributed by atoms with van der Waals surface area (Å²) in [5.41, 5.74) is -0.191. The zero-order valence-corrected chi connectivity index (χ0v) is 8.42. The summed E-state index contributed by atoms with van der Waals surface area (Å²) in [4.78, 5) is -0.316. The molecule has 0 amide bonds. The predicted molar refractivity (Wildman–Crippen MR) is 48.8 cm³/mol. The summed E-state index contributed by atoms with van der Waals surface area (Å²) in [7, 11) is -6.65. The molecule has 0 aliphatic carbocycles. The molecule has 8 heteroatoms. The third kappa shape index (κ3) is 2.62. The van der Waals surface area contributed by atoms with Gasteiger partial charge in [0.1, 0.15) is 10.6 Å². The van der Waals surface area contributed by atoms with Crippen molar-refractivity contribution in [3.63, 3.8) is 0 Å². The number of primary sulfonamides is 1. The SMILES string of the molecule is NS(=O)(=O)c1ccccc1N=S(=O)=O. The second kappa shape index (κ2) is 3.86. The lowest BCUT2D eigenvalue weighted by Gasteiger charge is -1.99. The lowest BCUT2D eigenvalue weighted by molar-refractivity contribution is 0.598. The quantitative estimate of drug-likeness (QED) is 0.778. The van der Waals surface area contributed by atoms with Crippen LogP contribution < -0.4 is 5.14 Å². The molecule has 0 heterocycles. The number of benzene rings is 1. The van der Waals surface area contributed by atoms with Gasteiger partial charge in [0.25, 0.3) is 0 Å². The van der Waals surface area contributed by atoms with Crippen LogP contribution in [0.25, 0.3) is 0 Å². The Labute approximate surface area is 82.1 Å². The zero-order chi connectivity index (χ0) is 10.8. The molecular formula is C6H6N2O4S2. The van der Waals surface area contributed by atoms with E-state index in [-0.39, 0.29) is 10.6 Å². The first-order chi connectivity index (χ1) is 6.41. The lowest BCUT2D eigenvalue weighted by Crippen LogP contribution is -2.12. The second-order valence-corrected chi connectivity index (χ2v) is 4.47. The molecule has 6 nitrogen and oxygen atoms in total. The molecule has 14 heavy (non-hydrogen) atoms. The second-order valence-electron chi connectivity index (χ2n) is 2.32. The minimum atomic E-state index is -3.95. The zero-order valence-electron chi connectivity index (χ0n) is 6.78. The Morgan fingerprint density at radius 3 is 2.29 bits per heavy atom. The monoisotopic (exact) mass is 234 g/mol. The van der Waals surface area contributed by atoms with Gasteiger partial charge in [-0.1, -0.05) is 12.1 Å². The third-order valence-electron chi connectivity index (χ3n) is 1.34. The van der Waals surface area contributed by atoms with Crippen LogP contribution in [0, 0.1) is 0 Å². The van der Waals surface area contributed by atoms with E-state index in [0.717, 1.165) is 0 Å². The first-order valence-electron chi connectivity index (χ1n) is 3.34. The van der Waals surface area contributed by atoms with E-state index in [0.29, 0.717) is 0 Å². The van der Waals surface area contributed by atoms with Crippen molar-refractivity contribution < 1.29 is 16.8 Å². The van der Waals surface area contributed by atoms with Crippen molar-refractivity contribution in [2.75, 3.05) is 0 Å². The van der Waals surface area contributed by atoms with Crippen LogP contribution in [0.3, 0.4) is 0 Å². The average molecular weight is 234 g/mol. The molecule has 1 rings (SSSR count). The van der Waals surface area contributed by atoms with Crippen LogP contribution in [-0.2, 0) is 20.5 Å². The molecule has 0 aromatic heterocycles. The Balaban J connectivity index is 3.54. The van der Waals surface area contributed by atoms with Gasteiger partial charge in [-0.2, -0.15) is 8.42 Å². The molecule has 2 N–H and O–H groups in total. The first kappa shape index (κ1) is 10.8. The molecule has 0 saturated heterocycles. The first-order valence-corrected chi connectivity index (χ1v) is 5.92. The highest BCUT2D eigenvalue weighted by Crippen LogP contribution is 2.21. The molecule has 0 bridgehead atoms. The van der Waals surface area contributed by atoms with Crippen molar-refractivity contribution in [2.24, 2.45) is 9.50 Å². The average Bonchev–Trinajstić information content (AvgIpc) is 2.01. The van der Waals surface area contributed by atoms with E-state index in [9.17, 15) is 16.8 Å². The van der Waals surface area contributed by atoms with Gasteiger partial charge < -0.3 is 0 Å². The molecule has 0 spiro atoms.